The van der Waals surface area contributed by atoms with Crippen LogP contribution in [0.25, 0.3) is 11.3 Å². The van der Waals surface area contributed by atoms with Gasteiger partial charge in [0.1, 0.15) is 11.6 Å². The Morgan fingerprint density at radius 2 is 2.07 bits per heavy atom. The Morgan fingerprint density at radius 1 is 1.24 bits per heavy atom. The molecule has 1 aliphatic rings. The van der Waals surface area contributed by atoms with Crippen LogP contribution in [0, 0.1) is 12.7 Å². The van der Waals surface area contributed by atoms with E-state index in [0.717, 1.165) is 43.9 Å². The molecule has 0 atom stereocenters. The SMILES string of the molecule is Cc1cc(CN2CCC(NC(=O)c3ccc(-c4cccc(F)c4)nc3)CC2)no1. The summed E-state index contributed by atoms with van der Waals surface area (Å²) in [7, 11) is 0. The number of hydrogen-bond acceptors (Lipinski definition) is 5. The minimum Gasteiger partial charge on any atom is -0.361 e. The molecule has 1 N–H and O–H groups in total. The van der Waals surface area contributed by atoms with Crippen LogP contribution in [0.2, 0.25) is 0 Å². The van der Waals surface area contributed by atoms with Crippen molar-refractivity contribution in [1.82, 2.24) is 20.4 Å². The second-order valence-corrected chi connectivity index (χ2v) is 7.40. The molecule has 1 saturated heterocycles. The number of hydrogen-bond donors (Lipinski definition) is 1. The summed E-state index contributed by atoms with van der Waals surface area (Å²) in [5.41, 5.74) is 2.77. The van der Waals surface area contributed by atoms with E-state index in [-0.39, 0.29) is 17.8 Å². The predicted molar refractivity (Wildman–Crippen MR) is 107 cm³/mol. The number of halogens is 1. The van der Waals surface area contributed by atoms with Gasteiger partial charge in [-0.15, -0.1) is 0 Å². The summed E-state index contributed by atoms with van der Waals surface area (Å²) in [6.07, 6.45) is 3.31. The van der Waals surface area contributed by atoms with Crippen LogP contribution in [0.1, 0.15) is 34.7 Å². The lowest BCUT2D eigenvalue weighted by Crippen LogP contribution is -2.44. The molecule has 2 aromatic heterocycles. The van der Waals surface area contributed by atoms with E-state index in [4.69, 9.17) is 4.52 Å². The lowest BCUT2D eigenvalue weighted by Gasteiger charge is -2.31. The number of piperidine rings is 1. The highest BCUT2D eigenvalue weighted by Crippen LogP contribution is 2.19. The lowest BCUT2D eigenvalue weighted by atomic mass is 10.0. The maximum Gasteiger partial charge on any atom is 0.253 e. The van der Waals surface area contributed by atoms with Crippen molar-refractivity contribution in [3.63, 3.8) is 0 Å². The first-order chi connectivity index (χ1) is 14.1. The number of carbonyl (C=O) groups excluding carboxylic acids is 1. The summed E-state index contributed by atoms with van der Waals surface area (Å²) in [5.74, 6) is 0.379. The van der Waals surface area contributed by atoms with E-state index in [1.165, 1.54) is 18.3 Å². The summed E-state index contributed by atoms with van der Waals surface area (Å²) in [5, 5.41) is 7.13. The van der Waals surface area contributed by atoms with Gasteiger partial charge < -0.3 is 9.84 Å². The Kier molecular flexibility index (Phi) is 5.67. The molecule has 7 heteroatoms. The summed E-state index contributed by atoms with van der Waals surface area (Å²) in [4.78, 5) is 19.2. The van der Waals surface area contributed by atoms with Crippen molar-refractivity contribution < 1.29 is 13.7 Å². The molecule has 0 saturated carbocycles. The maximum absolute atomic E-state index is 13.4. The first-order valence-corrected chi connectivity index (χ1v) is 9.74. The molecule has 0 aliphatic carbocycles. The minimum absolute atomic E-state index is 0.131. The molecule has 0 radical (unpaired) electrons. The first kappa shape index (κ1) is 19.3. The van der Waals surface area contributed by atoms with Crippen LogP contribution >= 0.6 is 0 Å². The molecule has 6 nitrogen and oxygen atoms in total. The second kappa shape index (κ2) is 8.53. The minimum atomic E-state index is -0.309. The van der Waals surface area contributed by atoms with Crippen molar-refractivity contribution in [3.05, 3.63) is 71.5 Å². The normalized spacial score (nSPS) is 15.4. The second-order valence-electron chi connectivity index (χ2n) is 7.40. The summed E-state index contributed by atoms with van der Waals surface area (Å²) in [6, 6.07) is 11.8. The van der Waals surface area contributed by atoms with Crippen LogP contribution in [0.5, 0.6) is 0 Å². The van der Waals surface area contributed by atoms with Gasteiger partial charge in [-0.2, -0.15) is 0 Å². The zero-order valence-corrected chi connectivity index (χ0v) is 16.3. The molecular formula is C22H23FN4O2. The number of aromatic nitrogens is 2. The van der Waals surface area contributed by atoms with Gasteiger partial charge in [0.25, 0.3) is 5.91 Å². The molecule has 150 valence electrons. The Bertz CT molecular complexity index is 978. The van der Waals surface area contributed by atoms with Crippen molar-refractivity contribution in [2.45, 2.75) is 32.4 Å². The predicted octanol–water partition coefficient (Wildman–Crippen LogP) is 3.58. The van der Waals surface area contributed by atoms with Crippen LogP contribution in [-0.2, 0) is 6.54 Å². The van der Waals surface area contributed by atoms with Crippen LogP contribution in [0.4, 0.5) is 4.39 Å². The maximum atomic E-state index is 13.4. The fourth-order valence-electron chi connectivity index (χ4n) is 3.57. The Labute approximate surface area is 168 Å². The average Bonchev–Trinajstić information content (AvgIpc) is 3.14. The smallest absolute Gasteiger partial charge is 0.253 e. The van der Waals surface area contributed by atoms with E-state index in [0.29, 0.717) is 16.8 Å². The number of rotatable bonds is 5. The first-order valence-electron chi connectivity index (χ1n) is 9.74. The van der Waals surface area contributed by atoms with E-state index < -0.39 is 0 Å². The zero-order chi connectivity index (χ0) is 20.2. The van der Waals surface area contributed by atoms with Crippen molar-refractivity contribution in [2.75, 3.05) is 13.1 Å². The molecule has 0 unspecified atom stereocenters. The topological polar surface area (TPSA) is 71.3 Å². The Hall–Kier alpha value is -3.06. The number of benzene rings is 1. The van der Waals surface area contributed by atoms with Gasteiger partial charge in [-0.3, -0.25) is 14.7 Å². The molecule has 1 aromatic carbocycles. The van der Waals surface area contributed by atoms with Gasteiger partial charge in [0.15, 0.2) is 0 Å². The highest BCUT2D eigenvalue weighted by molar-refractivity contribution is 5.94. The third-order valence-electron chi connectivity index (χ3n) is 5.13. The molecule has 0 spiro atoms. The van der Waals surface area contributed by atoms with Crippen LogP contribution < -0.4 is 5.32 Å². The molecule has 3 aromatic rings. The molecule has 3 heterocycles. The van der Waals surface area contributed by atoms with Crippen molar-refractivity contribution in [1.29, 1.82) is 0 Å². The van der Waals surface area contributed by atoms with Gasteiger partial charge in [0, 0.05) is 43.5 Å². The van der Waals surface area contributed by atoms with Crippen LogP contribution in [0.15, 0.2) is 53.2 Å². The van der Waals surface area contributed by atoms with Gasteiger partial charge in [-0.1, -0.05) is 17.3 Å². The number of nitrogens with zero attached hydrogens (tertiary/aromatic N) is 3. The molecule has 1 amide bonds. The van der Waals surface area contributed by atoms with Gasteiger partial charge in [0.05, 0.1) is 17.0 Å². The molecular weight excluding hydrogens is 371 g/mol. The summed E-state index contributed by atoms with van der Waals surface area (Å²) in [6.45, 7) is 4.45. The van der Waals surface area contributed by atoms with Crippen LogP contribution in [-0.4, -0.2) is 40.1 Å². The Morgan fingerprint density at radius 3 is 2.72 bits per heavy atom. The highest BCUT2D eigenvalue weighted by atomic mass is 19.1. The number of amides is 1. The van der Waals surface area contributed by atoms with Crippen molar-refractivity contribution >= 4 is 5.91 Å². The van der Waals surface area contributed by atoms with Gasteiger partial charge in [0.2, 0.25) is 0 Å². The zero-order valence-electron chi connectivity index (χ0n) is 16.3. The molecule has 1 fully saturated rings. The van der Waals surface area contributed by atoms with Crippen molar-refractivity contribution in [3.8, 4) is 11.3 Å². The van der Waals surface area contributed by atoms with E-state index in [1.807, 2.05) is 13.0 Å². The monoisotopic (exact) mass is 394 g/mol. The largest absolute Gasteiger partial charge is 0.361 e. The number of nitrogens with one attached hydrogen (secondary N) is 1. The molecule has 4 rings (SSSR count). The fourth-order valence-corrected chi connectivity index (χ4v) is 3.57. The van der Waals surface area contributed by atoms with E-state index >= 15 is 0 Å². The third kappa shape index (κ3) is 4.86. The summed E-state index contributed by atoms with van der Waals surface area (Å²) >= 11 is 0. The number of aryl methyl sites for hydroxylation is 1. The Balaban J connectivity index is 1.29. The van der Waals surface area contributed by atoms with Crippen LogP contribution in [0.3, 0.4) is 0 Å². The van der Waals surface area contributed by atoms with E-state index in [2.05, 4.69) is 20.4 Å². The third-order valence-corrected chi connectivity index (χ3v) is 5.13. The quantitative estimate of drug-likeness (QED) is 0.716. The van der Waals surface area contributed by atoms with E-state index in [9.17, 15) is 9.18 Å². The van der Waals surface area contributed by atoms with Gasteiger partial charge in [-0.25, -0.2) is 4.39 Å². The van der Waals surface area contributed by atoms with Crippen molar-refractivity contribution in [2.24, 2.45) is 0 Å². The average molecular weight is 394 g/mol. The number of likely N-dealkylation sites (tertiary alicyclic amines) is 1. The standard InChI is InChI=1S/C22H23FN4O2/c1-15-11-20(26-29-15)14-27-9-7-19(8-10-27)25-22(28)17-5-6-21(24-13-17)16-3-2-4-18(23)12-16/h2-6,11-13,19H,7-10,14H2,1H3,(H,25,28). The molecule has 1 aliphatic heterocycles. The van der Waals surface area contributed by atoms with Gasteiger partial charge in [-0.05, 0) is 44.0 Å². The van der Waals surface area contributed by atoms with E-state index in [1.54, 1.807) is 24.3 Å². The van der Waals surface area contributed by atoms with Gasteiger partial charge >= 0.3 is 0 Å². The number of carbonyl (C=O) groups is 1. The lowest BCUT2D eigenvalue weighted by molar-refractivity contribution is 0.0908. The summed E-state index contributed by atoms with van der Waals surface area (Å²) < 4.78 is 18.5. The molecule has 29 heavy (non-hydrogen) atoms. The highest BCUT2D eigenvalue weighted by Gasteiger charge is 2.22. The molecule has 0 bridgehead atoms. The fraction of sp³-hybridized carbons (Fsp3) is 0.318. The number of pyridine rings is 1.